The Hall–Kier alpha value is -4.23. The number of nitrogens with zero attached hydrogens (tertiary/aromatic N) is 3. The van der Waals surface area contributed by atoms with Crippen LogP contribution in [0.25, 0.3) is 10.9 Å². The second-order valence-corrected chi connectivity index (χ2v) is 18.1. The highest BCUT2D eigenvalue weighted by Gasteiger charge is 2.80. The predicted octanol–water partition coefficient (Wildman–Crippen LogP) is 3.82. The van der Waals surface area contributed by atoms with Gasteiger partial charge in [0.05, 0.1) is 18.8 Å². The summed E-state index contributed by atoms with van der Waals surface area (Å²) in [6.45, 7) is 11.1. The minimum Gasteiger partial charge on any atom is -0.467 e. The predicted molar refractivity (Wildman–Crippen MR) is 216 cm³/mol. The highest BCUT2D eigenvalue weighted by Crippen LogP contribution is 2.68. The summed E-state index contributed by atoms with van der Waals surface area (Å²) in [5.41, 5.74) is 1.06. The van der Waals surface area contributed by atoms with Crippen LogP contribution in [0.15, 0.2) is 48.6 Å². The van der Waals surface area contributed by atoms with Crippen LogP contribution in [0.1, 0.15) is 80.8 Å². The van der Waals surface area contributed by atoms with Crippen LogP contribution in [-0.4, -0.2) is 120 Å². The number of H-pyrrole nitrogens is 1. The maximum atomic E-state index is 14.3. The number of hydrogen-bond donors (Lipinski definition) is 4. The minimum atomic E-state index is -2.23. The number of carbonyl (C=O) groups excluding carboxylic acids is 3. The van der Waals surface area contributed by atoms with E-state index in [1.807, 2.05) is 24.9 Å². The van der Waals surface area contributed by atoms with Crippen molar-refractivity contribution in [1.29, 1.82) is 0 Å². The van der Waals surface area contributed by atoms with E-state index in [0.29, 0.717) is 51.7 Å². The molecule has 6 aliphatic rings. The fourth-order valence-corrected chi connectivity index (χ4v) is 13.4. The second kappa shape index (κ2) is 13.1. The van der Waals surface area contributed by atoms with Gasteiger partial charge in [0.2, 0.25) is 12.0 Å². The monoisotopic (exact) mass is 779 g/mol. The summed E-state index contributed by atoms with van der Waals surface area (Å²) in [6.07, 6.45) is 7.46. The average Bonchev–Trinajstić information content (AvgIpc) is 3.85. The van der Waals surface area contributed by atoms with Crippen LogP contribution in [0.5, 0.6) is 0 Å². The van der Waals surface area contributed by atoms with Gasteiger partial charge in [-0.25, -0.2) is 4.79 Å². The van der Waals surface area contributed by atoms with E-state index in [4.69, 9.17) is 9.47 Å². The molecule has 304 valence electrons. The highest BCUT2D eigenvalue weighted by molar-refractivity contribution is 5.88. The number of aromatic amines is 1. The largest absolute Gasteiger partial charge is 0.467 e. The van der Waals surface area contributed by atoms with Gasteiger partial charge in [-0.15, -0.1) is 0 Å². The molecule has 3 aromatic rings. The first kappa shape index (κ1) is 38.3. The number of likely N-dealkylation sites (N-methyl/N-ethyl adjacent to an activating group) is 1. The van der Waals surface area contributed by atoms with Gasteiger partial charge in [-0.2, -0.15) is 0 Å². The lowest BCUT2D eigenvalue weighted by atomic mass is 9.47. The van der Waals surface area contributed by atoms with E-state index in [1.54, 1.807) is 0 Å². The Morgan fingerprint density at radius 2 is 1.86 bits per heavy atom. The molecule has 12 nitrogen and oxygen atoms in total. The Morgan fingerprint density at radius 3 is 2.58 bits per heavy atom. The van der Waals surface area contributed by atoms with Crippen molar-refractivity contribution in [2.45, 2.75) is 107 Å². The van der Waals surface area contributed by atoms with E-state index in [1.165, 1.54) is 14.0 Å². The molecule has 1 amide bonds. The Labute approximate surface area is 334 Å². The lowest BCUT2D eigenvalue weighted by Gasteiger charge is -2.63. The quantitative estimate of drug-likeness (QED) is 0.159. The number of benzene rings is 2. The third-order valence-corrected chi connectivity index (χ3v) is 15.4. The molecule has 3 fully saturated rings. The van der Waals surface area contributed by atoms with Gasteiger partial charge in [0.15, 0.2) is 6.10 Å². The molecule has 1 spiro atoms. The number of para-hydroxylation sites is 1. The van der Waals surface area contributed by atoms with Gasteiger partial charge in [-0.05, 0) is 92.3 Å². The Balaban J connectivity index is 1.33. The summed E-state index contributed by atoms with van der Waals surface area (Å²) < 4.78 is 11.6. The van der Waals surface area contributed by atoms with E-state index in [-0.39, 0.29) is 12.0 Å². The molecule has 2 bridgehead atoms. The lowest BCUT2D eigenvalue weighted by molar-refractivity contribution is -0.228. The maximum Gasteiger partial charge on any atom is 0.344 e. The molecule has 1 saturated carbocycles. The molecule has 1 aromatic heterocycles. The number of piperidine rings is 1. The molecule has 57 heavy (non-hydrogen) atoms. The van der Waals surface area contributed by atoms with Crippen LogP contribution in [-0.2, 0) is 41.2 Å². The minimum absolute atomic E-state index is 0.0523. The third kappa shape index (κ3) is 5.02. The van der Waals surface area contributed by atoms with Gasteiger partial charge < -0.3 is 34.9 Å². The van der Waals surface area contributed by atoms with E-state index in [0.717, 1.165) is 70.5 Å². The molecular weight excluding hydrogens is 723 g/mol. The van der Waals surface area contributed by atoms with Crippen molar-refractivity contribution < 1.29 is 34.1 Å². The maximum absolute atomic E-state index is 14.3. The number of aliphatic hydroxyl groups is 2. The van der Waals surface area contributed by atoms with Gasteiger partial charge in [0.1, 0.15) is 5.54 Å². The Morgan fingerprint density at radius 1 is 1.07 bits per heavy atom. The molecule has 10 atom stereocenters. The van der Waals surface area contributed by atoms with Gasteiger partial charge in [0.25, 0.3) is 0 Å². The van der Waals surface area contributed by atoms with Crippen LogP contribution in [0.4, 0.5) is 5.69 Å². The summed E-state index contributed by atoms with van der Waals surface area (Å²) >= 11 is 0. The summed E-state index contributed by atoms with van der Waals surface area (Å²) in [4.78, 5) is 51.2. The van der Waals surface area contributed by atoms with Gasteiger partial charge in [-0.3, -0.25) is 19.4 Å². The van der Waals surface area contributed by atoms with Gasteiger partial charge in [0, 0.05) is 79.3 Å². The van der Waals surface area contributed by atoms with Crippen molar-refractivity contribution in [1.82, 2.24) is 20.1 Å². The summed E-state index contributed by atoms with van der Waals surface area (Å²) in [5, 5.41) is 29.8. The number of nitrogens with one attached hydrogen (secondary N) is 2. The molecule has 6 heterocycles. The van der Waals surface area contributed by atoms with Crippen LogP contribution in [0, 0.1) is 18.3 Å². The normalized spacial score (nSPS) is 37.9. The smallest absolute Gasteiger partial charge is 0.344 e. The highest BCUT2D eigenvalue weighted by atomic mass is 16.6. The van der Waals surface area contributed by atoms with E-state index >= 15 is 0 Å². The number of rotatable bonds is 7. The zero-order valence-electron chi connectivity index (χ0n) is 34.1. The Bertz CT molecular complexity index is 2190. The van der Waals surface area contributed by atoms with Crippen LogP contribution in [0.3, 0.4) is 0 Å². The number of methoxy groups -OCH3 is 1. The second-order valence-electron chi connectivity index (χ2n) is 18.1. The fourth-order valence-electron chi connectivity index (χ4n) is 13.4. The molecule has 1 aliphatic carbocycles. The third-order valence-electron chi connectivity index (χ3n) is 15.4. The number of aryl methyl sites for hydroxylation is 1. The summed E-state index contributed by atoms with van der Waals surface area (Å²) in [6, 6.07) is 11.7. The molecule has 2 saturated heterocycles. The zero-order valence-corrected chi connectivity index (χ0v) is 34.1. The fraction of sp³-hybridized carbons (Fsp3) is 0.578. The first-order chi connectivity index (χ1) is 27.3. The van der Waals surface area contributed by atoms with Crippen molar-refractivity contribution in [2.24, 2.45) is 11.3 Å². The van der Waals surface area contributed by atoms with Crippen LogP contribution < -0.4 is 10.2 Å². The molecule has 2 aromatic carbocycles. The number of hydrogen-bond acceptors (Lipinski definition) is 10. The summed E-state index contributed by atoms with van der Waals surface area (Å²) in [5.74, 6) is -1.35. The zero-order chi connectivity index (χ0) is 40.3. The number of anilines is 1. The molecule has 5 aliphatic heterocycles. The van der Waals surface area contributed by atoms with Crippen LogP contribution in [0.2, 0.25) is 0 Å². The molecule has 9 rings (SSSR count). The van der Waals surface area contributed by atoms with Crippen LogP contribution >= 0.6 is 0 Å². The molecule has 0 radical (unpaired) electrons. The molecule has 12 heteroatoms. The first-order valence-electron chi connectivity index (χ1n) is 20.8. The van der Waals surface area contributed by atoms with E-state index in [2.05, 4.69) is 76.4 Å². The standard InChI is InChI=1S/C45H57N5O7/c1-7-41(54)22-29-23-44(46-26-51,36-31(14-18-49(24-29)25-41)30-12-9-10-13-34(30)47-36)32-21-33-35(20-27(32)3)48(5)38-43(33)16-19-50-17-11-15-42(8-2,37(43)50)39(57-28(4)52)45(38,55)40(53)56-6/h9-13,15,20-21,26,29,37-39,47,54-55H,7-8,14,16-19,22-25H2,1-6H3,(H,46,51)/t29-,37-,38?,39+,41-,42+,43+,44-,45-/m0/s1. The van der Waals surface area contributed by atoms with Crippen molar-refractivity contribution in [2.75, 3.05) is 51.8 Å². The Kier molecular flexibility index (Phi) is 8.83. The lowest BCUT2D eigenvalue weighted by Crippen LogP contribution is -2.81. The van der Waals surface area contributed by atoms with Crippen molar-refractivity contribution in [3.8, 4) is 0 Å². The first-order valence-corrected chi connectivity index (χ1v) is 20.8. The van der Waals surface area contributed by atoms with E-state index < -0.39 is 51.7 Å². The van der Waals surface area contributed by atoms with Crippen molar-refractivity contribution in [3.05, 3.63) is 76.5 Å². The van der Waals surface area contributed by atoms with E-state index in [9.17, 15) is 24.6 Å². The number of aromatic nitrogens is 1. The average molecular weight is 780 g/mol. The van der Waals surface area contributed by atoms with Crippen molar-refractivity contribution in [3.63, 3.8) is 0 Å². The number of carbonyl (C=O) groups is 3. The van der Waals surface area contributed by atoms with Gasteiger partial charge in [-0.1, -0.05) is 50.3 Å². The molecule has 4 N–H and O–H groups in total. The number of esters is 2. The summed E-state index contributed by atoms with van der Waals surface area (Å²) in [7, 11) is 3.20. The van der Waals surface area contributed by atoms with Gasteiger partial charge >= 0.3 is 11.9 Å². The number of amides is 1. The molecule has 2 unspecified atom stereocenters. The number of fused-ring (bicyclic) bond motifs is 6. The SMILES string of the molecule is CC[C@]1(O)C[C@@H]2CN(CCc3c([nH]c4ccccc34)[C@@](NC=O)(c3cc4c(cc3C)N(C)C3[C@]45CCN4CC=C[C@@](CC)([C@@H](OC(C)=O)[C@]3(O)C(=O)OC)[C@H]45)C2)C1. The molecular formula is C45H57N5O7. The number of ether oxygens (including phenoxy) is 2. The topological polar surface area (TPSA) is 148 Å². The van der Waals surface area contributed by atoms with Crippen molar-refractivity contribution >= 4 is 34.9 Å².